The second-order valence-electron chi connectivity index (χ2n) is 4.50. The molecule has 0 amide bonds. The van der Waals surface area contributed by atoms with Gasteiger partial charge in [0.05, 0.1) is 5.60 Å². The summed E-state index contributed by atoms with van der Waals surface area (Å²) >= 11 is 3.40. The summed E-state index contributed by atoms with van der Waals surface area (Å²) in [5.41, 5.74) is 0.981. The third-order valence-electron chi connectivity index (χ3n) is 2.66. The van der Waals surface area contributed by atoms with Crippen molar-refractivity contribution in [1.29, 1.82) is 0 Å². The van der Waals surface area contributed by atoms with Crippen molar-refractivity contribution in [1.82, 2.24) is 0 Å². The fourth-order valence-corrected chi connectivity index (χ4v) is 2.42. The van der Waals surface area contributed by atoms with Gasteiger partial charge < -0.3 is 5.11 Å². The van der Waals surface area contributed by atoms with Crippen molar-refractivity contribution < 1.29 is 9.90 Å². The summed E-state index contributed by atoms with van der Waals surface area (Å²) in [4.78, 5) is 11.5. The molecule has 2 rings (SSSR count). The normalized spacial score (nSPS) is 25.4. The Morgan fingerprint density at radius 3 is 2.75 bits per heavy atom. The number of hydrogen-bond acceptors (Lipinski definition) is 2. The van der Waals surface area contributed by atoms with Crippen LogP contribution in [0.15, 0.2) is 34.8 Å². The van der Waals surface area contributed by atoms with E-state index >= 15 is 0 Å². The van der Waals surface area contributed by atoms with E-state index in [0.29, 0.717) is 6.42 Å². The van der Waals surface area contributed by atoms with Crippen LogP contribution < -0.4 is 0 Å². The fraction of sp³-hybridized carbons (Fsp3) is 0.308. The monoisotopic (exact) mass is 280 g/mol. The number of benzene rings is 1. The van der Waals surface area contributed by atoms with E-state index in [-0.39, 0.29) is 12.2 Å². The first-order valence-electron chi connectivity index (χ1n) is 5.18. The Hall–Kier alpha value is -0.930. The van der Waals surface area contributed by atoms with E-state index in [9.17, 15) is 9.90 Å². The summed E-state index contributed by atoms with van der Waals surface area (Å²) in [6.45, 7) is 1.70. The van der Waals surface area contributed by atoms with Crippen molar-refractivity contribution in [3.05, 3.63) is 40.4 Å². The highest BCUT2D eigenvalue weighted by atomic mass is 79.9. The minimum Gasteiger partial charge on any atom is -0.389 e. The molecule has 1 aliphatic carbocycles. The van der Waals surface area contributed by atoms with Crippen LogP contribution in [0.2, 0.25) is 0 Å². The van der Waals surface area contributed by atoms with Gasteiger partial charge in [0.15, 0.2) is 5.78 Å². The number of carbonyl (C=O) groups is 1. The van der Waals surface area contributed by atoms with E-state index in [4.69, 9.17) is 0 Å². The number of carbonyl (C=O) groups excluding carboxylic acids is 1. The van der Waals surface area contributed by atoms with E-state index in [0.717, 1.165) is 15.6 Å². The maximum absolute atomic E-state index is 11.5. The molecule has 84 valence electrons. The molecule has 0 aromatic heterocycles. The van der Waals surface area contributed by atoms with Gasteiger partial charge in [-0.3, -0.25) is 4.79 Å². The van der Waals surface area contributed by atoms with Gasteiger partial charge in [-0.1, -0.05) is 28.1 Å². The smallest absolute Gasteiger partial charge is 0.158 e. The van der Waals surface area contributed by atoms with Crippen molar-refractivity contribution >= 4 is 27.3 Å². The summed E-state index contributed by atoms with van der Waals surface area (Å²) in [5.74, 6) is -0.00812. The largest absolute Gasteiger partial charge is 0.389 e. The number of rotatable bonds is 1. The van der Waals surface area contributed by atoms with E-state index in [1.165, 1.54) is 0 Å². The lowest BCUT2D eigenvalue weighted by atomic mass is 9.83. The Morgan fingerprint density at radius 2 is 2.12 bits per heavy atom. The second kappa shape index (κ2) is 4.15. The summed E-state index contributed by atoms with van der Waals surface area (Å²) < 4.78 is 0.976. The molecule has 0 saturated carbocycles. The quantitative estimate of drug-likeness (QED) is 0.859. The standard InChI is InChI=1S/C13H13BrO2/c1-13(16)7-10(6-12(15)8-13)9-3-2-4-11(14)5-9/h2-6,16H,7-8H2,1H3/t13-/m1/s1. The molecule has 0 spiro atoms. The molecule has 3 heteroatoms. The molecule has 0 unspecified atom stereocenters. The first-order valence-corrected chi connectivity index (χ1v) is 5.97. The minimum absolute atomic E-state index is 0.00812. The molecule has 1 aromatic rings. The van der Waals surface area contributed by atoms with Gasteiger partial charge in [0.2, 0.25) is 0 Å². The lowest BCUT2D eigenvalue weighted by Gasteiger charge is -2.27. The summed E-state index contributed by atoms with van der Waals surface area (Å²) in [6.07, 6.45) is 2.37. The Bertz CT molecular complexity index is 461. The van der Waals surface area contributed by atoms with E-state index in [1.54, 1.807) is 13.0 Å². The second-order valence-corrected chi connectivity index (χ2v) is 5.41. The maximum atomic E-state index is 11.5. The molecule has 1 aromatic carbocycles. The Labute approximate surface area is 103 Å². The Balaban J connectivity index is 2.38. The molecule has 0 saturated heterocycles. The molecule has 16 heavy (non-hydrogen) atoms. The zero-order valence-electron chi connectivity index (χ0n) is 9.03. The molecule has 0 aliphatic heterocycles. The molecular weight excluding hydrogens is 268 g/mol. The summed E-state index contributed by atoms with van der Waals surface area (Å²) in [6, 6.07) is 7.77. The van der Waals surface area contributed by atoms with Crippen LogP contribution in [0.25, 0.3) is 5.57 Å². The van der Waals surface area contributed by atoms with Crippen LogP contribution in [-0.2, 0) is 4.79 Å². The van der Waals surface area contributed by atoms with E-state index in [1.807, 2.05) is 24.3 Å². The number of ketones is 1. The third-order valence-corrected chi connectivity index (χ3v) is 3.15. The zero-order chi connectivity index (χ0) is 11.8. The van der Waals surface area contributed by atoms with E-state index < -0.39 is 5.60 Å². The minimum atomic E-state index is -0.913. The van der Waals surface area contributed by atoms with Crippen LogP contribution in [0.4, 0.5) is 0 Å². The van der Waals surface area contributed by atoms with Crippen LogP contribution >= 0.6 is 15.9 Å². The van der Waals surface area contributed by atoms with Crippen molar-refractivity contribution in [2.45, 2.75) is 25.4 Å². The van der Waals surface area contributed by atoms with Gasteiger partial charge in [-0.15, -0.1) is 0 Å². The van der Waals surface area contributed by atoms with Gasteiger partial charge in [-0.25, -0.2) is 0 Å². The molecule has 1 aliphatic rings. The first kappa shape index (κ1) is 11.6. The number of halogens is 1. The Kier molecular flexibility index (Phi) is 3.00. The predicted octanol–water partition coefficient (Wildman–Crippen LogP) is 2.95. The number of hydrogen-bond donors (Lipinski definition) is 1. The first-order chi connectivity index (χ1) is 7.46. The SMILES string of the molecule is C[C@]1(O)CC(=O)C=C(c2cccc(Br)c2)C1. The van der Waals surface area contributed by atoms with Crippen molar-refractivity contribution in [2.75, 3.05) is 0 Å². The van der Waals surface area contributed by atoms with Crippen LogP contribution in [-0.4, -0.2) is 16.5 Å². The van der Waals surface area contributed by atoms with Crippen molar-refractivity contribution in [3.8, 4) is 0 Å². The summed E-state index contributed by atoms with van der Waals surface area (Å²) in [7, 11) is 0. The van der Waals surface area contributed by atoms with Gasteiger partial charge in [0.25, 0.3) is 0 Å². The van der Waals surface area contributed by atoms with Gasteiger partial charge in [-0.05, 0) is 36.3 Å². The fourth-order valence-electron chi connectivity index (χ4n) is 2.02. The van der Waals surface area contributed by atoms with Crippen LogP contribution in [0.5, 0.6) is 0 Å². The van der Waals surface area contributed by atoms with Crippen molar-refractivity contribution in [3.63, 3.8) is 0 Å². The van der Waals surface area contributed by atoms with E-state index in [2.05, 4.69) is 15.9 Å². The molecule has 2 nitrogen and oxygen atoms in total. The Morgan fingerprint density at radius 1 is 1.38 bits per heavy atom. The molecule has 1 N–H and O–H groups in total. The zero-order valence-corrected chi connectivity index (χ0v) is 10.6. The van der Waals surface area contributed by atoms with Crippen LogP contribution in [0.3, 0.4) is 0 Å². The van der Waals surface area contributed by atoms with Gasteiger partial charge in [0.1, 0.15) is 0 Å². The molecule has 0 heterocycles. The highest BCUT2D eigenvalue weighted by molar-refractivity contribution is 9.10. The molecular formula is C13H13BrO2. The third kappa shape index (κ3) is 2.60. The van der Waals surface area contributed by atoms with Crippen molar-refractivity contribution in [2.24, 2.45) is 0 Å². The molecule has 1 atom stereocenters. The lowest BCUT2D eigenvalue weighted by molar-refractivity contribution is -0.119. The van der Waals surface area contributed by atoms with Gasteiger partial charge >= 0.3 is 0 Å². The van der Waals surface area contributed by atoms with Crippen LogP contribution in [0, 0.1) is 0 Å². The lowest BCUT2D eigenvalue weighted by Crippen LogP contribution is -2.30. The van der Waals surface area contributed by atoms with Gasteiger partial charge in [0, 0.05) is 17.3 Å². The van der Waals surface area contributed by atoms with Crippen LogP contribution in [0.1, 0.15) is 25.3 Å². The average molecular weight is 281 g/mol. The topological polar surface area (TPSA) is 37.3 Å². The highest BCUT2D eigenvalue weighted by Crippen LogP contribution is 2.32. The average Bonchev–Trinajstić information content (AvgIpc) is 2.14. The molecule has 0 bridgehead atoms. The maximum Gasteiger partial charge on any atom is 0.158 e. The highest BCUT2D eigenvalue weighted by Gasteiger charge is 2.29. The number of allylic oxidation sites excluding steroid dienone is 1. The van der Waals surface area contributed by atoms with Gasteiger partial charge in [-0.2, -0.15) is 0 Å². The predicted molar refractivity (Wildman–Crippen MR) is 67.0 cm³/mol. The molecule has 0 fully saturated rings. The number of aliphatic hydroxyl groups is 1. The molecule has 0 radical (unpaired) electrons. The summed E-state index contributed by atoms with van der Waals surface area (Å²) in [5, 5.41) is 9.97.